The van der Waals surface area contributed by atoms with Crippen molar-refractivity contribution in [1.82, 2.24) is 4.98 Å². The minimum Gasteiger partial charge on any atom is -0.279 e. The van der Waals surface area contributed by atoms with Crippen LogP contribution in [0.15, 0.2) is 41.4 Å². The van der Waals surface area contributed by atoms with Crippen molar-refractivity contribution in [3.63, 3.8) is 0 Å². The van der Waals surface area contributed by atoms with Gasteiger partial charge in [-0.3, -0.25) is 9.71 Å². The molecule has 0 unspecified atom stereocenters. The maximum absolute atomic E-state index is 13.6. The van der Waals surface area contributed by atoms with Crippen LogP contribution in [-0.2, 0) is 10.0 Å². The molecule has 1 heterocycles. The number of anilines is 1. The van der Waals surface area contributed by atoms with Gasteiger partial charge in [-0.25, -0.2) is 12.8 Å². The molecular weight excluding hydrogens is 291 g/mol. The first-order valence-corrected chi connectivity index (χ1v) is 7.15. The van der Waals surface area contributed by atoms with Crippen LogP contribution in [0.25, 0.3) is 0 Å². The largest absolute Gasteiger partial charge is 0.279 e. The van der Waals surface area contributed by atoms with Crippen molar-refractivity contribution < 1.29 is 12.8 Å². The van der Waals surface area contributed by atoms with Crippen LogP contribution in [0, 0.1) is 12.7 Å². The molecule has 0 aliphatic rings. The third-order valence-corrected chi connectivity index (χ3v) is 3.96. The van der Waals surface area contributed by atoms with Gasteiger partial charge >= 0.3 is 0 Å². The number of benzene rings is 1. The number of aromatic nitrogens is 1. The van der Waals surface area contributed by atoms with Gasteiger partial charge in [0.25, 0.3) is 10.0 Å². The molecule has 19 heavy (non-hydrogen) atoms. The molecule has 0 aliphatic heterocycles. The molecule has 2 rings (SSSR count). The second-order valence-corrected chi connectivity index (χ2v) is 5.95. The monoisotopic (exact) mass is 300 g/mol. The zero-order valence-corrected chi connectivity index (χ0v) is 11.5. The molecule has 0 spiro atoms. The highest BCUT2D eigenvalue weighted by atomic mass is 35.5. The van der Waals surface area contributed by atoms with Crippen LogP contribution in [0.1, 0.15) is 5.69 Å². The molecule has 1 aromatic heterocycles. The average molecular weight is 301 g/mol. The van der Waals surface area contributed by atoms with E-state index in [1.54, 1.807) is 13.0 Å². The standard InChI is InChI=1S/C12H10ClFN2O2S/c1-8-6-10(4-5-15-8)16-19(17,18)12-7-9(13)2-3-11(12)14/h2-7H,1H3,(H,15,16). The molecule has 2 aromatic rings. The van der Waals surface area contributed by atoms with Gasteiger partial charge in [0.15, 0.2) is 0 Å². The van der Waals surface area contributed by atoms with Crippen LogP contribution in [0.3, 0.4) is 0 Å². The SMILES string of the molecule is Cc1cc(NS(=O)(=O)c2cc(Cl)ccc2F)ccn1. The van der Waals surface area contributed by atoms with E-state index in [4.69, 9.17) is 11.6 Å². The van der Waals surface area contributed by atoms with Crippen LogP contribution >= 0.6 is 11.6 Å². The van der Waals surface area contributed by atoms with Gasteiger partial charge in [-0.05, 0) is 37.3 Å². The van der Waals surface area contributed by atoms with Gasteiger partial charge in [0.2, 0.25) is 0 Å². The molecule has 0 aliphatic carbocycles. The fraction of sp³-hybridized carbons (Fsp3) is 0.0833. The van der Waals surface area contributed by atoms with Crippen molar-refractivity contribution in [3.05, 3.63) is 53.1 Å². The van der Waals surface area contributed by atoms with E-state index in [-0.39, 0.29) is 5.02 Å². The van der Waals surface area contributed by atoms with Crippen LogP contribution in [0.2, 0.25) is 5.02 Å². The lowest BCUT2D eigenvalue weighted by Gasteiger charge is -2.09. The fourth-order valence-corrected chi connectivity index (χ4v) is 2.89. The van der Waals surface area contributed by atoms with Crippen LogP contribution in [-0.4, -0.2) is 13.4 Å². The molecule has 1 N–H and O–H groups in total. The second-order valence-electron chi connectivity index (χ2n) is 3.87. The van der Waals surface area contributed by atoms with Crippen molar-refractivity contribution in [2.75, 3.05) is 4.72 Å². The molecule has 0 amide bonds. The summed E-state index contributed by atoms with van der Waals surface area (Å²) in [7, 11) is -4.02. The first-order chi connectivity index (χ1) is 8.88. The first-order valence-electron chi connectivity index (χ1n) is 5.29. The van der Waals surface area contributed by atoms with Gasteiger partial charge in [0.05, 0.1) is 5.69 Å². The van der Waals surface area contributed by atoms with Gasteiger partial charge in [0.1, 0.15) is 10.7 Å². The predicted molar refractivity (Wildman–Crippen MR) is 71.2 cm³/mol. The Hall–Kier alpha value is -1.66. The summed E-state index contributed by atoms with van der Waals surface area (Å²) < 4.78 is 39.9. The molecular formula is C12H10ClFN2O2S. The Morgan fingerprint density at radius 1 is 1.26 bits per heavy atom. The summed E-state index contributed by atoms with van der Waals surface area (Å²) in [4.78, 5) is 3.45. The predicted octanol–water partition coefficient (Wildman–Crippen LogP) is 2.98. The number of halogens is 2. The summed E-state index contributed by atoms with van der Waals surface area (Å²) in [6.45, 7) is 1.72. The Kier molecular flexibility index (Phi) is 3.73. The minimum absolute atomic E-state index is 0.146. The number of hydrogen-bond acceptors (Lipinski definition) is 3. The summed E-state index contributed by atoms with van der Waals surface area (Å²) in [6, 6.07) is 6.38. The Morgan fingerprint density at radius 3 is 2.68 bits per heavy atom. The Morgan fingerprint density at radius 2 is 2.00 bits per heavy atom. The number of nitrogens with one attached hydrogen (secondary N) is 1. The van der Waals surface area contributed by atoms with E-state index >= 15 is 0 Å². The molecule has 0 bridgehead atoms. The van der Waals surface area contributed by atoms with E-state index in [1.165, 1.54) is 18.3 Å². The Bertz CT molecular complexity index is 719. The summed E-state index contributed by atoms with van der Waals surface area (Å²) in [5.74, 6) is -0.859. The quantitative estimate of drug-likeness (QED) is 0.948. The highest BCUT2D eigenvalue weighted by molar-refractivity contribution is 7.92. The van der Waals surface area contributed by atoms with E-state index in [0.29, 0.717) is 11.4 Å². The van der Waals surface area contributed by atoms with Gasteiger partial charge in [-0.1, -0.05) is 11.6 Å². The lowest BCUT2D eigenvalue weighted by Crippen LogP contribution is -2.14. The average Bonchev–Trinajstić information content (AvgIpc) is 2.31. The molecule has 7 heteroatoms. The lowest BCUT2D eigenvalue weighted by molar-refractivity contribution is 0.570. The van der Waals surface area contributed by atoms with Crippen LogP contribution in [0.5, 0.6) is 0 Å². The lowest BCUT2D eigenvalue weighted by atomic mass is 10.3. The zero-order valence-electron chi connectivity index (χ0n) is 9.89. The number of aryl methyl sites for hydroxylation is 1. The van der Waals surface area contributed by atoms with E-state index in [1.807, 2.05) is 0 Å². The Labute approximate surface area is 115 Å². The van der Waals surface area contributed by atoms with Gasteiger partial charge in [-0.15, -0.1) is 0 Å². The molecule has 0 saturated carbocycles. The maximum atomic E-state index is 13.6. The fourth-order valence-electron chi connectivity index (χ4n) is 1.50. The number of hydrogen-bond donors (Lipinski definition) is 1. The third-order valence-electron chi connectivity index (χ3n) is 2.33. The van der Waals surface area contributed by atoms with Crippen LogP contribution < -0.4 is 4.72 Å². The smallest absolute Gasteiger partial charge is 0.264 e. The summed E-state index contributed by atoms with van der Waals surface area (Å²) in [6.07, 6.45) is 1.46. The minimum atomic E-state index is -4.02. The van der Waals surface area contributed by atoms with E-state index in [9.17, 15) is 12.8 Å². The van der Waals surface area contributed by atoms with Crippen molar-refractivity contribution in [2.45, 2.75) is 11.8 Å². The highest BCUT2D eigenvalue weighted by Crippen LogP contribution is 2.22. The molecule has 0 saturated heterocycles. The second kappa shape index (κ2) is 5.14. The maximum Gasteiger partial charge on any atom is 0.264 e. The molecule has 0 radical (unpaired) electrons. The molecule has 0 atom stereocenters. The number of sulfonamides is 1. The van der Waals surface area contributed by atoms with Crippen molar-refractivity contribution in [2.24, 2.45) is 0 Å². The molecule has 1 aromatic carbocycles. The van der Waals surface area contributed by atoms with E-state index in [2.05, 4.69) is 9.71 Å². The third kappa shape index (κ3) is 3.21. The summed E-state index contributed by atoms with van der Waals surface area (Å²) in [5, 5.41) is 0.146. The normalized spacial score (nSPS) is 11.3. The van der Waals surface area contributed by atoms with Crippen molar-refractivity contribution in [1.29, 1.82) is 0 Å². The summed E-state index contributed by atoms with van der Waals surface area (Å²) in [5.41, 5.74) is 0.957. The number of pyridine rings is 1. The molecule has 4 nitrogen and oxygen atoms in total. The molecule has 0 fully saturated rings. The van der Waals surface area contributed by atoms with E-state index in [0.717, 1.165) is 12.1 Å². The van der Waals surface area contributed by atoms with Gasteiger partial charge in [0, 0.05) is 16.9 Å². The highest BCUT2D eigenvalue weighted by Gasteiger charge is 2.19. The van der Waals surface area contributed by atoms with Crippen molar-refractivity contribution in [3.8, 4) is 0 Å². The molecule has 100 valence electrons. The first kappa shape index (κ1) is 13.8. The van der Waals surface area contributed by atoms with Gasteiger partial charge < -0.3 is 0 Å². The number of nitrogens with zero attached hydrogens (tertiary/aromatic N) is 1. The topological polar surface area (TPSA) is 59.1 Å². The van der Waals surface area contributed by atoms with Crippen molar-refractivity contribution >= 4 is 27.3 Å². The Balaban J connectivity index is 2.40. The van der Waals surface area contributed by atoms with Crippen LogP contribution in [0.4, 0.5) is 10.1 Å². The zero-order chi connectivity index (χ0) is 14.0. The summed E-state index contributed by atoms with van der Waals surface area (Å²) >= 11 is 5.68. The van der Waals surface area contributed by atoms with E-state index < -0.39 is 20.7 Å². The number of rotatable bonds is 3. The van der Waals surface area contributed by atoms with Gasteiger partial charge in [-0.2, -0.15) is 0 Å².